The zero-order chi connectivity index (χ0) is 13.0. The second kappa shape index (κ2) is 6.24. The molecule has 5 heteroatoms. The van der Waals surface area contributed by atoms with E-state index in [1.54, 1.807) is 19.1 Å². The van der Waals surface area contributed by atoms with Gasteiger partial charge in [-0.3, -0.25) is 4.79 Å². The number of carbonyl (C=O) groups excluding carboxylic acids is 1. The average Bonchev–Trinajstić information content (AvgIpc) is 2.20. The Balaban J connectivity index is 2.73. The number of amides is 1. The average molecular weight is 276 g/mol. The van der Waals surface area contributed by atoms with Crippen molar-refractivity contribution in [3.8, 4) is 0 Å². The quantitative estimate of drug-likeness (QED) is 0.888. The van der Waals surface area contributed by atoms with E-state index in [0.29, 0.717) is 22.0 Å². The number of benzene rings is 1. The Bertz CT molecular complexity index is 407. The largest absolute Gasteiger partial charge is 0.393 e. The van der Waals surface area contributed by atoms with Crippen LogP contribution in [0.1, 0.15) is 30.6 Å². The standard InChI is InChI=1S/C12H15Cl2NO2/c1-7(5-8(2)16)15-12(17)10-6-9(13)3-4-11(10)14/h3-4,6-8,16H,5H2,1-2H3,(H,15,17). The molecule has 1 aromatic rings. The van der Waals surface area contributed by atoms with Crippen LogP contribution in [-0.4, -0.2) is 23.2 Å². The number of aliphatic hydroxyl groups excluding tert-OH is 1. The van der Waals surface area contributed by atoms with E-state index in [9.17, 15) is 9.90 Å². The normalized spacial score (nSPS) is 14.2. The lowest BCUT2D eigenvalue weighted by Crippen LogP contribution is -2.34. The third kappa shape index (κ3) is 4.54. The van der Waals surface area contributed by atoms with Crippen molar-refractivity contribution in [2.45, 2.75) is 32.4 Å². The number of aliphatic hydroxyl groups is 1. The molecule has 2 unspecified atom stereocenters. The maximum Gasteiger partial charge on any atom is 0.253 e. The van der Waals surface area contributed by atoms with Gasteiger partial charge in [0, 0.05) is 11.1 Å². The molecule has 0 aliphatic rings. The summed E-state index contributed by atoms with van der Waals surface area (Å²) >= 11 is 11.7. The monoisotopic (exact) mass is 275 g/mol. The molecule has 1 rings (SSSR count). The van der Waals surface area contributed by atoms with Gasteiger partial charge in [-0.15, -0.1) is 0 Å². The predicted octanol–water partition coefficient (Wildman–Crippen LogP) is 2.88. The summed E-state index contributed by atoms with van der Waals surface area (Å²) in [5.41, 5.74) is 0.344. The third-order valence-electron chi connectivity index (χ3n) is 2.25. The number of carbonyl (C=O) groups is 1. The Morgan fingerprint density at radius 1 is 1.41 bits per heavy atom. The minimum Gasteiger partial charge on any atom is -0.393 e. The zero-order valence-corrected chi connectivity index (χ0v) is 11.2. The molecule has 0 spiro atoms. The van der Waals surface area contributed by atoms with Gasteiger partial charge in [0.2, 0.25) is 0 Å². The highest BCUT2D eigenvalue weighted by Gasteiger charge is 2.14. The lowest BCUT2D eigenvalue weighted by Gasteiger charge is -2.16. The predicted molar refractivity (Wildman–Crippen MR) is 69.7 cm³/mol. The summed E-state index contributed by atoms with van der Waals surface area (Å²) < 4.78 is 0. The molecule has 0 bridgehead atoms. The Labute approximate surface area is 111 Å². The van der Waals surface area contributed by atoms with Crippen LogP contribution < -0.4 is 5.32 Å². The van der Waals surface area contributed by atoms with E-state index in [1.807, 2.05) is 6.92 Å². The van der Waals surface area contributed by atoms with E-state index in [0.717, 1.165) is 0 Å². The molecule has 17 heavy (non-hydrogen) atoms. The molecule has 0 saturated heterocycles. The fraction of sp³-hybridized carbons (Fsp3) is 0.417. The minimum atomic E-state index is -0.458. The van der Waals surface area contributed by atoms with Gasteiger partial charge in [0.05, 0.1) is 16.7 Å². The molecule has 2 N–H and O–H groups in total. The van der Waals surface area contributed by atoms with Crippen molar-refractivity contribution in [2.75, 3.05) is 0 Å². The molecule has 0 fully saturated rings. The lowest BCUT2D eigenvalue weighted by atomic mass is 10.1. The number of rotatable bonds is 4. The van der Waals surface area contributed by atoms with E-state index in [2.05, 4.69) is 5.32 Å². The molecule has 2 atom stereocenters. The molecule has 0 aliphatic heterocycles. The summed E-state index contributed by atoms with van der Waals surface area (Å²) in [7, 11) is 0. The van der Waals surface area contributed by atoms with Gasteiger partial charge in [-0.25, -0.2) is 0 Å². The van der Waals surface area contributed by atoms with Crippen molar-refractivity contribution in [1.82, 2.24) is 5.32 Å². The smallest absolute Gasteiger partial charge is 0.253 e. The first-order chi connectivity index (χ1) is 7.90. The highest BCUT2D eigenvalue weighted by atomic mass is 35.5. The number of halogens is 2. The van der Waals surface area contributed by atoms with Crippen molar-refractivity contribution in [1.29, 1.82) is 0 Å². The van der Waals surface area contributed by atoms with Crippen LogP contribution in [-0.2, 0) is 0 Å². The fourth-order valence-electron chi connectivity index (χ4n) is 1.54. The van der Waals surface area contributed by atoms with Crippen LogP contribution in [0.2, 0.25) is 10.0 Å². The van der Waals surface area contributed by atoms with Crippen molar-refractivity contribution in [3.63, 3.8) is 0 Å². The molecular weight excluding hydrogens is 261 g/mol. The number of hydrogen-bond acceptors (Lipinski definition) is 2. The molecule has 3 nitrogen and oxygen atoms in total. The summed E-state index contributed by atoms with van der Waals surface area (Å²) in [6.45, 7) is 3.50. The summed E-state index contributed by atoms with van der Waals surface area (Å²) in [5.74, 6) is -0.286. The van der Waals surface area contributed by atoms with Crippen LogP contribution in [0.5, 0.6) is 0 Å². The van der Waals surface area contributed by atoms with E-state index in [1.165, 1.54) is 6.07 Å². The van der Waals surface area contributed by atoms with Crippen molar-refractivity contribution >= 4 is 29.1 Å². The van der Waals surface area contributed by atoms with E-state index >= 15 is 0 Å². The summed E-state index contributed by atoms with van der Waals surface area (Å²) in [6.07, 6.45) is 0.0318. The maximum absolute atomic E-state index is 11.9. The fourth-order valence-corrected chi connectivity index (χ4v) is 1.92. The molecule has 0 aromatic heterocycles. The van der Waals surface area contributed by atoms with Crippen LogP contribution in [0.4, 0.5) is 0 Å². The minimum absolute atomic E-state index is 0.127. The SMILES string of the molecule is CC(O)CC(C)NC(=O)c1cc(Cl)ccc1Cl. The zero-order valence-electron chi connectivity index (χ0n) is 9.71. The summed E-state index contributed by atoms with van der Waals surface area (Å²) in [5, 5.41) is 12.8. The van der Waals surface area contributed by atoms with E-state index in [-0.39, 0.29) is 11.9 Å². The second-order valence-electron chi connectivity index (χ2n) is 4.08. The lowest BCUT2D eigenvalue weighted by molar-refractivity contribution is 0.0923. The van der Waals surface area contributed by atoms with Gasteiger partial charge < -0.3 is 10.4 Å². The van der Waals surface area contributed by atoms with Gasteiger partial charge >= 0.3 is 0 Å². The first kappa shape index (κ1) is 14.3. The molecule has 0 saturated carbocycles. The van der Waals surface area contributed by atoms with E-state index < -0.39 is 6.10 Å². The van der Waals surface area contributed by atoms with Crippen LogP contribution in [0, 0.1) is 0 Å². The van der Waals surface area contributed by atoms with Crippen LogP contribution >= 0.6 is 23.2 Å². The second-order valence-corrected chi connectivity index (χ2v) is 4.93. The van der Waals surface area contributed by atoms with Gasteiger partial charge in [-0.2, -0.15) is 0 Å². The van der Waals surface area contributed by atoms with Crippen LogP contribution in [0.25, 0.3) is 0 Å². The highest BCUT2D eigenvalue weighted by molar-refractivity contribution is 6.35. The van der Waals surface area contributed by atoms with Gasteiger partial charge in [0.25, 0.3) is 5.91 Å². The van der Waals surface area contributed by atoms with Crippen LogP contribution in [0.15, 0.2) is 18.2 Å². The third-order valence-corrected chi connectivity index (χ3v) is 2.81. The Hall–Kier alpha value is -0.770. The molecule has 1 aromatic carbocycles. The number of nitrogens with one attached hydrogen (secondary N) is 1. The molecule has 0 aliphatic carbocycles. The van der Waals surface area contributed by atoms with Gasteiger partial charge in [0.1, 0.15) is 0 Å². The van der Waals surface area contributed by atoms with Gasteiger partial charge in [-0.05, 0) is 38.5 Å². The molecule has 0 heterocycles. The Kier molecular flexibility index (Phi) is 5.25. The van der Waals surface area contributed by atoms with Crippen molar-refractivity contribution in [3.05, 3.63) is 33.8 Å². The summed E-state index contributed by atoms with van der Waals surface area (Å²) in [4.78, 5) is 11.9. The van der Waals surface area contributed by atoms with Crippen molar-refractivity contribution < 1.29 is 9.90 Å². The first-order valence-electron chi connectivity index (χ1n) is 5.34. The summed E-state index contributed by atoms with van der Waals surface area (Å²) in [6, 6.07) is 4.60. The van der Waals surface area contributed by atoms with Gasteiger partial charge in [-0.1, -0.05) is 23.2 Å². The van der Waals surface area contributed by atoms with E-state index in [4.69, 9.17) is 23.2 Å². The molecule has 0 radical (unpaired) electrons. The van der Waals surface area contributed by atoms with Crippen molar-refractivity contribution in [2.24, 2.45) is 0 Å². The van der Waals surface area contributed by atoms with Gasteiger partial charge in [0.15, 0.2) is 0 Å². The Morgan fingerprint density at radius 3 is 2.65 bits per heavy atom. The maximum atomic E-state index is 11.9. The molecule has 1 amide bonds. The van der Waals surface area contributed by atoms with Crippen LogP contribution in [0.3, 0.4) is 0 Å². The first-order valence-corrected chi connectivity index (χ1v) is 6.09. The topological polar surface area (TPSA) is 49.3 Å². The highest BCUT2D eigenvalue weighted by Crippen LogP contribution is 2.20. The Morgan fingerprint density at radius 2 is 2.06 bits per heavy atom. The number of hydrogen-bond donors (Lipinski definition) is 2. The molecule has 94 valence electrons. The molecular formula is C12H15Cl2NO2.